The molecule has 0 aliphatic rings. The van der Waals surface area contributed by atoms with Crippen molar-refractivity contribution in [3.8, 4) is 5.75 Å². The minimum absolute atomic E-state index is 0.223. The summed E-state index contributed by atoms with van der Waals surface area (Å²) in [5, 5.41) is 4.47. The van der Waals surface area contributed by atoms with E-state index < -0.39 is 0 Å². The van der Waals surface area contributed by atoms with Crippen molar-refractivity contribution in [3.63, 3.8) is 0 Å². The Morgan fingerprint density at radius 2 is 2.10 bits per heavy atom. The van der Waals surface area contributed by atoms with Crippen molar-refractivity contribution < 1.29 is 9.13 Å². The lowest BCUT2D eigenvalue weighted by atomic mass is 10.2. The number of hydrogen-bond acceptors (Lipinski definition) is 2. The zero-order valence-corrected chi connectivity index (χ0v) is 12.5. The summed E-state index contributed by atoms with van der Waals surface area (Å²) in [7, 11) is 0. The van der Waals surface area contributed by atoms with E-state index in [1.54, 1.807) is 6.07 Å². The van der Waals surface area contributed by atoms with Gasteiger partial charge in [-0.05, 0) is 37.6 Å². The molecule has 0 aliphatic carbocycles. The van der Waals surface area contributed by atoms with E-state index in [-0.39, 0.29) is 11.7 Å². The van der Waals surface area contributed by atoms with Gasteiger partial charge in [-0.2, -0.15) is 5.10 Å². The molecule has 0 amide bonds. The number of ether oxygens (including phenoxy) is 1. The Bertz CT molecular complexity index is 583. The van der Waals surface area contributed by atoms with Crippen LogP contribution in [0.1, 0.15) is 30.8 Å². The van der Waals surface area contributed by atoms with Gasteiger partial charge in [0.05, 0.1) is 17.3 Å². The summed E-state index contributed by atoms with van der Waals surface area (Å²) in [6.45, 7) is 5.30. The van der Waals surface area contributed by atoms with Crippen molar-refractivity contribution in [2.24, 2.45) is 0 Å². The number of benzene rings is 1. The zero-order valence-electron chi connectivity index (χ0n) is 11.7. The number of hydrogen-bond donors (Lipinski definition) is 0. The molecule has 1 heterocycles. The second-order valence-corrected chi connectivity index (χ2v) is 4.74. The van der Waals surface area contributed by atoms with Crippen LogP contribution < -0.4 is 4.74 Å². The van der Waals surface area contributed by atoms with E-state index in [1.165, 1.54) is 12.1 Å². The Hall–Kier alpha value is -1.55. The van der Waals surface area contributed by atoms with Gasteiger partial charge in [0.15, 0.2) is 0 Å². The minimum Gasteiger partial charge on any atom is -0.487 e. The summed E-state index contributed by atoms with van der Waals surface area (Å²) in [5.74, 6) is 0.531. The number of nitrogens with zero attached hydrogens (tertiary/aromatic N) is 2. The number of halogens is 2. The Kier molecular flexibility index (Phi) is 5.01. The molecule has 2 aromatic rings. The van der Waals surface area contributed by atoms with Gasteiger partial charge in [0, 0.05) is 12.1 Å². The van der Waals surface area contributed by atoms with Gasteiger partial charge in [-0.15, -0.1) is 11.6 Å². The van der Waals surface area contributed by atoms with E-state index in [1.807, 2.05) is 17.7 Å². The van der Waals surface area contributed by atoms with Crippen LogP contribution in [0.3, 0.4) is 0 Å². The fraction of sp³-hybridized carbons (Fsp3) is 0.400. The number of alkyl halides is 1. The molecule has 0 aliphatic heterocycles. The summed E-state index contributed by atoms with van der Waals surface area (Å²) in [6, 6.07) is 6.42. The van der Waals surface area contributed by atoms with Crippen LogP contribution >= 0.6 is 11.6 Å². The topological polar surface area (TPSA) is 27.1 Å². The molecule has 0 unspecified atom stereocenters. The van der Waals surface area contributed by atoms with Gasteiger partial charge >= 0.3 is 0 Å². The van der Waals surface area contributed by atoms with Crippen LogP contribution in [0.25, 0.3) is 0 Å². The highest BCUT2D eigenvalue weighted by Gasteiger charge is 2.09. The standard InChI is InChI=1S/C15H18ClFN2O/c1-3-13-8-14(19(4-2)18-13)10-20-15-6-5-12(17)7-11(15)9-16/h5-8H,3-4,9-10H2,1-2H3. The Balaban J connectivity index is 2.14. The predicted molar refractivity (Wildman–Crippen MR) is 77.6 cm³/mol. The first-order chi connectivity index (χ1) is 9.67. The van der Waals surface area contributed by atoms with Crippen molar-refractivity contribution in [2.75, 3.05) is 0 Å². The van der Waals surface area contributed by atoms with Crippen LogP contribution in [0.2, 0.25) is 0 Å². The van der Waals surface area contributed by atoms with Gasteiger partial charge in [-0.3, -0.25) is 4.68 Å². The van der Waals surface area contributed by atoms with Crippen LogP contribution in [0, 0.1) is 5.82 Å². The van der Waals surface area contributed by atoms with Crippen LogP contribution in [0.15, 0.2) is 24.3 Å². The van der Waals surface area contributed by atoms with Crippen LogP contribution in [0.4, 0.5) is 4.39 Å². The van der Waals surface area contributed by atoms with E-state index in [0.29, 0.717) is 17.9 Å². The first-order valence-corrected chi connectivity index (χ1v) is 7.24. The van der Waals surface area contributed by atoms with E-state index in [9.17, 15) is 4.39 Å². The summed E-state index contributed by atoms with van der Waals surface area (Å²) < 4.78 is 20.8. The van der Waals surface area contributed by atoms with E-state index >= 15 is 0 Å². The minimum atomic E-state index is -0.306. The molecular formula is C15H18ClFN2O. The summed E-state index contributed by atoms with van der Waals surface area (Å²) in [5.41, 5.74) is 2.71. The molecule has 0 N–H and O–H groups in total. The van der Waals surface area contributed by atoms with Crippen molar-refractivity contribution in [1.82, 2.24) is 9.78 Å². The third-order valence-electron chi connectivity index (χ3n) is 3.12. The van der Waals surface area contributed by atoms with E-state index in [0.717, 1.165) is 24.4 Å². The fourth-order valence-corrected chi connectivity index (χ4v) is 2.23. The van der Waals surface area contributed by atoms with E-state index in [2.05, 4.69) is 12.0 Å². The highest BCUT2D eigenvalue weighted by molar-refractivity contribution is 6.17. The van der Waals surface area contributed by atoms with Crippen molar-refractivity contribution in [1.29, 1.82) is 0 Å². The van der Waals surface area contributed by atoms with Gasteiger partial charge in [0.1, 0.15) is 18.2 Å². The molecule has 0 atom stereocenters. The first kappa shape index (κ1) is 14.9. The third kappa shape index (κ3) is 3.31. The second-order valence-electron chi connectivity index (χ2n) is 4.47. The molecule has 0 saturated heterocycles. The normalized spacial score (nSPS) is 10.8. The average molecular weight is 297 g/mol. The molecule has 1 aromatic carbocycles. The molecule has 3 nitrogen and oxygen atoms in total. The molecule has 2 rings (SSSR count). The molecule has 0 saturated carbocycles. The fourth-order valence-electron chi connectivity index (χ4n) is 2.02. The molecule has 0 bridgehead atoms. The smallest absolute Gasteiger partial charge is 0.130 e. The number of aromatic nitrogens is 2. The molecule has 0 radical (unpaired) electrons. The quantitative estimate of drug-likeness (QED) is 0.755. The lowest BCUT2D eigenvalue weighted by molar-refractivity contribution is 0.290. The highest BCUT2D eigenvalue weighted by Crippen LogP contribution is 2.22. The number of aryl methyl sites for hydroxylation is 2. The molecular weight excluding hydrogens is 279 g/mol. The predicted octanol–water partition coefficient (Wildman–Crippen LogP) is 3.92. The molecule has 0 fully saturated rings. The highest BCUT2D eigenvalue weighted by atomic mass is 35.5. The maximum absolute atomic E-state index is 13.1. The van der Waals surface area contributed by atoms with Gasteiger partial charge in [0.25, 0.3) is 0 Å². The SMILES string of the molecule is CCc1cc(COc2ccc(F)cc2CCl)n(CC)n1. The van der Waals surface area contributed by atoms with E-state index in [4.69, 9.17) is 16.3 Å². The third-order valence-corrected chi connectivity index (χ3v) is 3.41. The van der Waals surface area contributed by atoms with Crippen molar-refractivity contribution in [3.05, 3.63) is 47.0 Å². The number of rotatable bonds is 6. The summed E-state index contributed by atoms with van der Waals surface area (Å²) >= 11 is 5.81. The van der Waals surface area contributed by atoms with Gasteiger partial charge in [-0.25, -0.2) is 4.39 Å². The van der Waals surface area contributed by atoms with Gasteiger partial charge in [-0.1, -0.05) is 6.92 Å². The monoisotopic (exact) mass is 296 g/mol. The Morgan fingerprint density at radius 3 is 2.75 bits per heavy atom. The van der Waals surface area contributed by atoms with Gasteiger partial charge in [0.2, 0.25) is 0 Å². The summed E-state index contributed by atoms with van der Waals surface area (Å²) in [4.78, 5) is 0. The largest absolute Gasteiger partial charge is 0.487 e. The Labute approximate surface area is 123 Å². The average Bonchev–Trinajstić information content (AvgIpc) is 2.88. The van der Waals surface area contributed by atoms with Crippen LogP contribution in [-0.4, -0.2) is 9.78 Å². The van der Waals surface area contributed by atoms with Gasteiger partial charge < -0.3 is 4.74 Å². The lowest BCUT2D eigenvalue weighted by Gasteiger charge is -2.10. The second kappa shape index (κ2) is 6.75. The maximum atomic E-state index is 13.1. The van der Waals surface area contributed by atoms with Crippen molar-refractivity contribution in [2.45, 2.75) is 39.3 Å². The molecule has 20 heavy (non-hydrogen) atoms. The Morgan fingerprint density at radius 1 is 1.30 bits per heavy atom. The summed E-state index contributed by atoms with van der Waals surface area (Å²) in [6.07, 6.45) is 0.892. The molecule has 1 aromatic heterocycles. The molecule has 108 valence electrons. The van der Waals surface area contributed by atoms with Crippen LogP contribution in [0.5, 0.6) is 5.75 Å². The molecule has 0 spiro atoms. The first-order valence-electron chi connectivity index (χ1n) is 6.70. The maximum Gasteiger partial charge on any atom is 0.130 e. The van der Waals surface area contributed by atoms with Crippen molar-refractivity contribution >= 4 is 11.6 Å². The lowest BCUT2D eigenvalue weighted by Crippen LogP contribution is -2.07. The zero-order chi connectivity index (χ0) is 14.5. The molecule has 5 heteroatoms. The van der Waals surface area contributed by atoms with Crippen LogP contribution in [-0.2, 0) is 25.5 Å².